The van der Waals surface area contributed by atoms with Gasteiger partial charge in [-0.15, -0.1) is 0 Å². The highest BCUT2D eigenvalue weighted by Crippen LogP contribution is 2.27. The first kappa shape index (κ1) is 18.4. The quantitative estimate of drug-likeness (QED) is 0.405. The van der Waals surface area contributed by atoms with Crippen LogP contribution in [0.2, 0.25) is 0 Å². The molecule has 0 spiro atoms. The molecule has 4 rings (SSSR count). The summed E-state index contributed by atoms with van der Waals surface area (Å²) in [5.74, 6) is -0.518. The van der Waals surface area contributed by atoms with E-state index in [1.807, 2.05) is 60.7 Å². The molecule has 0 aliphatic heterocycles. The summed E-state index contributed by atoms with van der Waals surface area (Å²) in [5, 5.41) is 23.5. The molecule has 1 aromatic heterocycles. The van der Waals surface area contributed by atoms with Gasteiger partial charge in [-0.1, -0.05) is 48.5 Å². The summed E-state index contributed by atoms with van der Waals surface area (Å²) in [6, 6.07) is 24.3. The third kappa shape index (κ3) is 3.72. The zero-order chi connectivity index (χ0) is 20.2. The van der Waals surface area contributed by atoms with Crippen molar-refractivity contribution in [1.82, 2.24) is 15.3 Å². The molecular formula is C23H18N4O2. The van der Waals surface area contributed by atoms with Gasteiger partial charge in [0, 0.05) is 11.8 Å². The van der Waals surface area contributed by atoms with E-state index in [9.17, 15) is 10.0 Å². The van der Waals surface area contributed by atoms with Crippen molar-refractivity contribution in [2.75, 3.05) is 0 Å². The van der Waals surface area contributed by atoms with Crippen molar-refractivity contribution in [1.29, 1.82) is 5.26 Å². The summed E-state index contributed by atoms with van der Waals surface area (Å²) in [6.45, 7) is 0. The van der Waals surface area contributed by atoms with Crippen LogP contribution >= 0.6 is 0 Å². The van der Waals surface area contributed by atoms with Gasteiger partial charge in [0.2, 0.25) is 0 Å². The van der Waals surface area contributed by atoms with Crippen LogP contribution in [0, 0.1) is 11.3 Å². The number of hydrogen-bond donors (Lipinski definition) is 2. The maximum Gasteiger partial charge on any atom is 0.268 e. The van der Waals surface area contributed by atoms with Crippen molar-refractivity contribution in [3.8, 4) is 17.2 Å². The number of hydrogen-bond acceptors (Lipinski definition) is 4. The van der Waals surface area contributed by atoms with Crippen LogP contribution in [0.15, 0.2) is 79.0 Å². The van der Waals surface area contributed by atoms with Gasteiger partial charge in [0.15, 0.2) is 0 Å². The fourth-order valence-corrected chi connectivity index (χ4v) is 3.42. The Kier molecular flexibility index (Phi) is 5.06. The Morgan fingerprint density at radius 2 is 1.79 bits per heavy atom. The van der Waals surface area contributed by atoms with Crippen LogP contribution in [-0.4, -0.2) is 20.9 Å². The predicted molar refractivity (Wildman–Crippen MR) is 109 cm³/mol. The second-order valence-electron chi connectivity index (χ2n) is 6.73. The van der Waals surface area contributed by atoms with Crippen molar-refractivity contribution in [3.05, 3.63) is 90.1 Å². The maximum atomic E-state index is 12.4. The summed E-state index contributed by atoms with van der Waals surface area (Å²) in [6.07, 6.45) is 2.12. The topological polar surface area (TPSA) is 90.9 Å². The number of benzene rings is 3. The fraction of sp³-hybridized carbons (Fsp3) is 0.0870. The zero-order valence-electron chi connectivity index (χ0n) is 15.5. The monoisotopic (exact) mass is 382 g/mol. The highest BCUT2D eigenvalue weighted by atomic mass is 16.5. The molecule has 2 N–H and O–H groups in total. The number of fused-ring (bicyclic) bond motifs is 1. The maximum absolute atomic E-state index is 12.4. The summed E-state index contributed by atoms with van der Waals surface area (Å²) in [7, 11) is 0. The lowest BCUT2D eigenvalue weighted by Gasteiger charge is -2.17. The Balaban J connectivity index is 1.71. The number of hydroxylamine groups is 1. The molecule has 0 saturated heterocycles. The van der Waals surface area contributed by atoms with Gasteiger partial charge in [-0.2, -0.15) is 10.4 Å². The molecule has 3 aromatic carbocycles. The predicted octanol–water partition coefficient (Wildman–Crippen LogP) is 3.86. The van der Waals surface area contributed by atoms with Gasteiger partial charge >= 0.3 is 0 Å². The van der Waals surface area contributed by atoms with Crippen molar-refractivity contribution in [2.45, 2.75) is 12.5 Å². The molecule has 4 aromatic rings. The molecule has 1 amide bonds. The van der Waals surface area contributed by atoms with Crippen LogP contribution in [0.5, 0.6) is 0 Å². The smallest absolute Gasteiger partial charge is 0.268 e. The van der Waals surface area contributed by atoms with Gasteiger partial charge in [0.05, 0.1) is 23.3 Å². The number of carbonyl (C=O) groups is 1. The first-order valence-electron chi connectivity index (χ1n) is 9.15. The van der Waals surface area contributed by atoms with E-state index in [-0.39, 0.29) is 0 Å². The van der Waals surface area contributed by atoms with Crippen molar-refractivity contribution >= 4 is 16.8 Å². The minimum Gasteiger partial charge on any atom is -0.289 e. The van der Waals surface area contributed by atoms with Gasteiger partial charge in [-0.05, 0) is 41.0 Å². The van der Waals surface area contributed by atoms with Crippen LogP contribution in [-0.2, 0) is 11.2 Å². The molecule has 6 nitrogen and oxygen atoms in total. The first-order chi connectivity index (χ1) is 14.2. The Morgan fingerprint density at radius 1 is 1.07 bits per heavy atom. The molecule has 29 heavy (non-hydrogen) atoms. The minimum atomic E-state index is -0.680. The molecule has 0 fully saturated rings. The van der Waals surface area contributed by atoms with Crippen LogP contribution in [0.1, 0.15) is 17.2 Å². The Hall–Kier alpha value is -3.95. The highest BCUT2D eigenvalue weighted by molar-refractivity contribution is 5.87. The number of amides is 1. The minimum absolute atomic E-state index is 0.404. The van der Waals surface area contributed by atoms with Crippen LogP contribution < -0.4 is 5.48 Å². The second kappa shape index (κ2) is 7.97. The van der Waals surface area contributed by atoms with E-state index in [0.29, 0.717) is 12.0 Å². The normalized spacial score (nSPS) is 11.7. The molecule has 0 bridgehead atoms. The molecule has 6 heteroatoms. The lowest BCUT2D eigenvalue weighted by Crippen LogP contribution is -2.32. The number of nitrogens with one attached hydrogen (secondary N) is 1. The van der Waals surface area contributed by atoms with Gasteiger partial charge in [-0.25, -0.2) is 5.48 Å². The molecule has 0 radical (unpaired) electrons. The van der Waals surface area contributed by atoms with Gasteiger partial charge in [0.25, 0.3) is 5.91 Å². The number of nitrogens with zero attached hydrogens (tertiary/aromatic N) is 3. The number of carbonyl (C=O) groups excluding carboxylic acids is 1. The van der Waals surface area contributed by atoms with E-state index in [4.69, 9.17) is 5.26 Å². The molecular weight excluding hydrogens is 364 g/mol. The lowest BCUT2D eigenvalue weighted by molar-refractivity contribution is -0.132. The summed E-state index contributed by atoms with van der Waals surface area (Å²) >= 11 is 0. The molecule has 0 aliphatic carbocycles. The standard InChI is InChI=1S/C23H18N4O2/c24-14-17-6-8-18(9-7-17)19-10-11-21-20(13-19)15-25-27(21)22(23(28)26-29)12-16-4-2-1-3-5-16/h1-11,13,15,22,29H,12H2,(H,26,28). The number of aromatic nitrogens is 2. The van der Waals surface area contributed by atoms with Crippen molar-refractivity contribution in [3.63, 3.8) is 0 Å². The van der Waals surface area contributed by atoms with E-state index in [0.717, 1.165) is 27.6 Å². The van der Waals surface area contributed by atoms with Crippen LogP contribution in [0.3, 0.4) is 0 Å². The fourth-order valence-electron chi connectivity index (χ4n) is 3.42. The number of rotatable bonds is 5. The number of nitriles is 1. The first-order valence-corrected chi connectivity index (χ1v) is 9.15. The molecule has 1 unspecified atom stereocenters. The Bertz CT molecular complexity index is 1190. The van der Waals surface area contributed by atoms with Gasteiger partial charge in [0.1, 0.15) is 6.04 Å². The van der Waals surface area contributed by atoms with E-state index >= 15 is 0 Å². The average Bonchev–Trinajstić information content (AvgIpc) is 3.20. The van der Waals surface area contributed by atoms with E-state index in [1.165, 1.54) is 0 Å². The zero-order valence-corrected chi connectivity index (χ0v) is 15.5. The molecule has 1 atom stereocenters. The largest absolute Gasteiger partial charge is 0.289 e. The van der Waals surface area contributed by atoms with Crippen molar-refractivity contribution < 1.29 is 10.0 Å². The third-order valence-corrected chi connectivity index (χ3v) is 4.92. The molecule has 1 heterocycles. The summed E-state index contributed by atoms with van der Waals surface area (Å²) in [4.78, 5) is 12.4. The van der Waals surface area contributed by atoms with E-state index in [1.54, 1.807) is 28.5 Å². The van der Waals surface area contributed by atoms with E-state index < -0.39 is 11.9 Å². The summed E-state index contributed by atoms with van der Waals surface area (Å²) < 4.78 is 1.64. The average molecular weight is 382 g/mol. The van der Waals surface area contributed by atoms with Gasteiger partial charge in [-0.3, -0.25) is 14.7 Å². The van der Waals surface area contributed by atoms with Gasteiger partial charge < -0.3 is 0 Å². The summed E-state index contributed by atoms with van der Waals surface area (Å²) in [5.41, 5.74) is 6.13. The Labute approximate surface area is 167 Å². The lowest BCUT2D eigenvalue weighted by atomic mass is 10.0. The van der Waals surface area contributed by atoms with Crippen molar-refractivity contribution in [2.24, 2.45) is 0 Å². The van der Waals surface area contributed by atoms with Crippen LogP contribution in [0.4, 0.5) is 0 Å². The molecule has 0 aliphatic rings. The van der Waals surface area contributed by atoms with Crippen LogP contribution in [0.25, 0.3) is 22.0 Å². The SMILES string of the molecule is N#Cc1ccc(-c2ccc3c(cnn3C(Cc3ccccc3)C(=O)NO)c2)cc1. The molecule has 142 valence electrons. The Morgan fingerprint density at radius 3 is 2.48 bits per heavy atom. The molecule has 0 saturated carbocycles. The van der Waals surface area contributed by atoms with E-state index in [2.05, 4.69) is 11.2 Å². The third-order valence-electron chi connectivity index (χ3n) is 4.92. The highest BCUT2D eigenvalue weighted by Gasteiger charge is 2.23. The second-order valence-corrected chi connectivity index (χ2v) is 6.73.